The molecule has 1 unspecified atom stereocenters. The summed E-state index contributed by atoms with van der Waals surface area (Å²) in [7, 11) is 0. The largest absolute Gasteiger partial charge is 0.351 e. The molecule has 1 rings (SSSR count). The molecule has 0 aliphatic carbocycles. The average Bonchev–Trinajstić information content (AvgIpc) is 2.25. The molecule has 0 saturated carbocycles. The van der Waals surface area contributed by atoms with E-state index >= 15 is 0 Å². The first-order chi connectivity index (χ1) is 7.54. The van der Waals surface area contributed by atoms with Crippen LogP contribution in [0, 0.1) is 31.1 Å². The maximum Gasteiger partial charge on any atom is 0.251 e. The number of rotatable bonds is 3. The van der Waals surface area contributed by atoms with Crippen LogP contribution >= 0.6 is 0 Å². The molecule has 1 amide bonds. The van der Waals surface area contributed by atoms with Gasteiger partial charge in [0.15, 0.2) is 0 Å². The Morgan fingerprint density at radius 2 is 2.19 bits per heavy atom. The first kappa shape index (κ1) is 12.3. The molecule has 0 spiro atoms. The van der Waals surface area contributed by atoms with Crippen LogP contribution in [0.3, 0.4) is 0 Å². The zero-order valence-electron chi connectivity index (χ0n) is 9.87. The highest BCUT2D eigenvalue weighted by Gasteiger charge is 2.09. The molecular weight excluding hydrogens is 200 g/mol. The van der Waals surface area contributed by atoms with E-state index in [1.165, 1.54) is 0 Å². The molecule has 0 aromatic heterocycles. The summed E-state index contributed by atoms with van der Waals surface area (Å²) in [5.41, 5.74) is 2.78. The number of nitrogens with one attached hydrogen (secondary N) is 1. The average molecular weight is 216 g/mol. The predicted octanol–water partition coefficient (Wildman–Crippen LogP) is 2.19. The third kappa shape index (κ3) is 3.09. The van der Waals surface area contributed by atoms with Gasteiger partial charge in [-0.1, -0.05) is 17.7 Å². The maximum absolute atomic E-state index is 11.8. The SMILES string of the molecule is Cc1ccc(C(=O)NCC(C)C#N)c(C)c1. The number of hydrogen-bond acceptors (Lipinski definition) is 2. The van der Waals surface area contributed by atoms with Crippen molar-refractivity contribution in [2.45, 2.75) is 20.8 Å². The van der Waals surface area contributed by atoms with Crippen LogP contribution in [-0.4, -0.2) is 12.5 Å². The zero-order chi connectivity index (χ0) is 12.1. The van der Waals surface area contributed by atoms with Crippen LogP contribution in [0.15, 0.2) is 18.2 Å². The topological polar surface area (TPSA) is 52.9 Å². The van der Waals surface area contributed by atoms with E-state index < -0.39 is 0 Å². The maximum atomic E-state index is 11.8. The Kier molecular flexibility index (Phi) is 4.07. The van der Waals surface area contributed by atoms with E-state index in [9.17, 15) is 4.79 Å². The minimum Gasteiger partial charge on any atom is -0.351 e. The van der Waals surface area contributed by atoms with E-state index in [1.54, 1.807) is 6.92 Å². The highest BCUT2D eigenvalue weighted by molar-refractivity contribution is 5.95. The second kappa shape index (κ2) is 5.32. The Morgan fingerprint density at radius 1 is 1.50 bits per heavy atom. The highest BCUT2D eigenvalue weighted by Crippen LogP contribution is 2.10. The van der Waals surface area contributed by atoms with Gasteiger partial charge in [-0.2, -0.15) is 5.26 Å². The van der Waals surface area contributed by atoms with Crippen molar-refractivity contribution >= 4 is 5.91 Å². The van der Waals surface area contributed by atoms with Crippen molar-refractivity contribution in [1.82, 2.24) is 5.32 Å². The van der Waals surface area contributed by atoms with Gasteiger partial charge < -0.3 is 5.32 Å². The summed E-state index contributed by atoms with van der Waals surface area (Å²) in [5, 5.41) is 11.4. The Balaban J connectivity index is 2.71. The van der Waals surface area contributed by atoms with Gasteiger partial charge in [-0.25, -0.2) is 0 Å². The van der Waals surface area contributed by atoms with E-state index in [1.807, 2.05) is 32.0 Å². The van der Waals surface area contributed by atoms with Crippen molar-refractivity contribution in [2.75, 3.05) is 6.54 Å². The van der Waals surface area contributed by atoms with Crippen LogP contribution in [0.4, 0.5) is 0 Å². The molecule has 0 heterocycles. The molecule has 1 atom stereocenters. The molecule has 0 aliphatic heterocycles. The summed E-state index contributed by atoms with van der Waals surface area (Å²) in [6, 6.07) is 7.78. The molecule has 16 heavy (non-hydrogen) atoms. The van der Waals surface area contributed by atoms with Gasteiger partial charge in [-0.3, -0.25) is 4.79 Å². The minimum atomic E-state index is -0.158. The molecule has 1 N–H and O–H groups in total. The van der Waals surface area contributed by atoms with Crippen molar-refractivity contribution in [2.24, 2.45) is 5.92 Å². The molecule has 0 saturated heterocycles. The number of carbonyl (C=O) groups is 1. The van der Waals surface area contributed by atoms with Crippen LogP contribution in [0.1, 0.15) is 28.4 Å². The lowest BCUT2D eigenvalue weighted by Crippen LogP contribution is -2.28. The zero-order valence-corrected chi connectivity index (χ0v) is 9.87. The van der Waals surface area contributed by atoms with E-state index in [0.717, 1.165) is 11.1 Å². The smallest absolute Gasteiger partial charge is 0.251 e. The number of carbonyl (C=O) groups excluding carboxylic acids is 1. The number of nitrogens with zero attached hydrogens (tertiary/aromatic N) is 1. The summed E-state index contributed by atoms with van der Waals surface area (Å²) in [4.78, 5) is 11.8. The Bertz CT molecular complexity index is 432. The quantitative estimate of drug-likeness (QED) is 0.842. The van der Waals surface area contributed by atoms with Gasteiger partial charge in [0.25, 0.3) is 5.91 Å². The lowest BCUT2D eigenvalue weighted by molar-refractivity contribution is 0.0950. The van der Waals surface area contributed by atoms with Crippen molar-refractivity contribution < 1.29 is 4.79 Å². The van der Waals surface area contributed by atoms with Crippen LogP contribution < -0.4 is 5.32 Å². The van der Waals surface area contributed by atoms with Gasteiger partial charge in [0.1, 0.15) is 0 Å². The summed E-state index contributed by atoms with van der Waals surface area (Å²) in [6.45, 7) is 6.08. The van der Waals surface area contributed by atoms with Gasteiger partial charge in [-0.15, -0.1) is 0 Å². The fourth-order valence-electron chi connectivity index (χ4n) is 1.46. The molecule has 3 nitrogen and oxygen atoms in total. The molecule has 0 bridgehead atoms. The van der Waals surface area contributed by atoms with Crippen molar-refractivity contribution in [3.63, 3.8) is 0 Å². The standard InChI is InChI=1S/C13H16N2O/c1-9-4-5-12(11(3)6-9)13(16)15-8-10(2)7-14/h4-6,10H,8H2,1-3H3,(H,15,16). The Labute approximate surface area is 96.1 Å². The number of benzene rings is 1. The Hall–Kier alpha value is -1.82. The van der Waals surface area contributed by atoms with Crippen molar-refractivity contribution in [3.05, 3.63) is 34.9 Å². The summed E-state index contributed by atoms with van der Waals surface area (Å²) >= 11 is 0. The van der Waals surface area contributed by atoms with Crippen LogP contribution in [0.5, 0.6) is 0 Å². The second-order valence-corrected chi connectivity index (χ2v) is 4.06. The number of hydrogen-bond donors (Lipinski definition) is 1. The first-order valence-electron chi connectivity index (χ1n) is 5.29. The molecule has 1 aromatic carbocycles. The van der Waals surface area contributed by atoms with Crippen LogP contribution in [-0.2, 0) is 0 Å². The fraction of sp³-hybridized carbons (Fsp3) is 0.385. The van der Waals surface area contributed by atoms with Crippen LogP contribution in [0.2, 0.25) is 0 Å². The molecule has 0 radical (unpaired) electrons. The monoisotopic (exact) mass is 216 g/mol. The van der Waals surface area contributed by atoms with Crippen molar-refractivity contribution in [3.8, 4) is 6.07 Å². The van der Waals surface area contributed by atoms with E-state index in [4.69, 9.17) is 5.26 Å². The van der Waals surface area contributed by atoms with Gasteiger partial charge in [-0.05, 0) is 32.4 Å². The summed E-state index contributed by atoms with van der Waals surface area (Å²) in [6.07, 6.45) is 0. The second-order valence-electron chi connectivity index (χ2n) is 4.06. The molecule has 1 aromatic rings. The molecular formula is C13H16N2O. The van der Waals surface area contributed by atoms with Gasteiger partial charge >= 0.3 is 0 Å². The van der Waals surface area contributed by atoms with E-state index in [2.05, 4.69) is 11.4 Å². The third-order valence-electron chi connectivity index (χ3n) is 2.42. The number of aryl methyl sites for hydroxylation is 2. The molecule has 0 aliphatic rings. The van der Waals surface area contributed by atoms with Crippen LogP contribution in [0.25, 0.3) is 0 Å². The number of amides is 1. The Morgan fingerprint density at radius 3 is 2.75 bits per heavy atom. The molecule has 3 heteroatoms. The lowest BCUT2D eigenvalue weighted by Gasteiger charge is -2.08. The van der Waals surface area contributed by atoms with E-state index in [-0.39, 0.29) is 11.8 Å². The minimum absolute atomic E-state index is 0.111. The van der Waals surface area contributed by atoms with Gasteiger partial charge in [0.05, 0.1) is 12.0 Å². The van der Waals surface area contributed by atoms with E-state index in [0.29, 0.717) is 12.1 Å². The third-order valence-corrected chi connectivity index (χ3v) is 2.42. The normalized spacial score (nSPS) is 11.6. The summed E-state index contributed by atoms with van der Waals surface area (Å²) in [5.74, 6) is -0.269. The van der Waals surface area contributed by atoms with Gasteiger partial charge in [0, 0.05) is 12.1 Å². The first-order valence-corrected chi connectivity index (χ1v) is 5.29. The molecule has 0 fully saturated rings. The number of nitriles is 1. The van der Waals surface area contributed by atoms with Crippen molar-refractivity contribution in [1.29, 1.82) is 5.26 Å². The highest BCUT2D eigenvalue weighted by atomic mass is 16.1. The lowest BCUT2D eigenvalue weighted by atomic mass is 10.1. The fourth-order valence-corrected chi connectivity index (χ4v) is 1.46. The summed E-state index contributed by atoms with van der Waals surface area (Å²) < 4.78 is 0. The van der Waals surface area contributed by atoms with Gasteiger partial charge in [0.2, 0.25) is 0 Å². The molecule has 84 valence electrons. The predicted molar refractivity (Wildman–Crippen MR) is 63.0 cm³/mol.